The molecule has 0 radical (unpaired) electrons. The van der Waals surface area contributed by atoms with Crippen molar-refractivity contribution in [2.24, 2.45) is 0 Å². The molecule has 0 fully saturated rings. The predicted molar refractivity (Wildman–Crippen MR) is 42.3 cm³/mol. The molecule has 0 aliphatic carbocycles. The van der Waals surface area contributed by atoms with Crippen LogP contribution in [0.4, 0.5) is 0 Å². The number of carbonyl (C=O) groups is 2. The van der Waals surface area contributed by atoms with Gasteiger partial charge in [-0.3, -0.25) is 4.79 Å². The van der Waals surface area contributed by atoms with E-state index in [1.54, 1.807) is 6.92 Å². The average molecular weight is 197 g/mol. The second kappa shape index (κ2) is 8.10. The van der Waals surface area contributed by atoms with Gasteiger partial charge in [-0.25, -0.2) is 4.79 Å². The molecule has 1 N–H and O–H groups in total. The van der Waals surface area contributed by atoms with Gasteiger partial charge in [0.15, 0.2) is 5.70 Å². The molecule has 0 aromatic rings. The Morgan fingerprint density at radius 3 is 2.54 bits per heavy atom. The van der Waals surface area contributed by atoms with E-state index < -0.39 is 5.97 Å². The van der Waals surface area contributed by atoms with Gasteiger partial charge in [-0.1, -0.05) is 0 Å². The fraction of sp³-hybridized carbons (Fsp3) is 0.429. The van der Waals surface area contributed by atoms with Crippen molar-refractivity contribution in [2.45, 2.75) is 6.92 Å². The van der Waals surface area contributed by atoms with Crippen molar-refractivity contribution in [2.75, 3.05) is 13.7 Å². The Morgan fingerprint density at radius 2 is 2.23 bits per heavy atom. The molecule has 13 heavy (non-hydrogen) atoms. The molecule has 0 aromatic heterocycles. The molecule has 0 saturated carbocycles. The first-order valence-electron chi connectivity index (χ1n) is 3.37. The zero-order chi connectivity index (χ0) is 9.56. The fourth-order valence-corrected chi connectivity index (χ4v) is 0.550. The molecule has 0 rings (SSSR count). The first-order valence-corrected chi connectivity index (χ1v) is 3.37. The zero-order valence-corrected chi connectivity index (χ0v) is 9.98. The molecule has 5 nitrogen and oxygen atoms in total. The van der Waals surface area contributed by atoms with Crippen molar-refractivity contribution < 1.29 is 50.4 Å². The van der Waals surface area contributed by atoms with Crippen molar-refractivity contribution in [1.29, 1.82) is 0 Å². The summed E-state index contributed by atoms with van der Waals surface area (Å²) in [5.41, 5.74) is -0.188. The normalized spacial score (nSPS) is 9.85. The standard InChI is InChI=1S/C7H11NO4.Na.H/c1-3-12-7(11)6(4-9)8(2)5-10;;/h4-5,9H,3H2,1-2H3;;/q;+1;-1. The van der Waals surface area contributed by atoms with Crippen LogP contribution in [0.5, 0.6) is 0 Å². The van der Waals surface area contributed by atoms with Gasteiger partial charge >= 0.3 is 35.5 Å². The van der Waals surface area contributed by atoms with Gasteiger partial charge in [0.1, 0.15) is 6.26 Å². The largest absolute Gasteiger partial charge is 1.00 e. The molecule has 0 aromatic carbocycles. The summed E-state index contributed by atoms with van der Waals surface area (Å²) in [5.74, 6) is -0.727. The van der Waals surface area contributed by atoms with Gasteiger partial charge in [0.25, 0.3) is 0 Å². The third-order valence-electron chi connectivity index (χ3n) is 1.14. The molecule has 0 heterocycles. The molecule has 0 unspecified atom stereocenters. The van der Waals surface area contributed by atoms with Crippen LogP contribution in [0.1, 0.15) is 8.35 Å². The maximum absolute atomic E-state index is 10.9. The summed E-state index contributed by atoms with van der Waals surface area (Å²) in [4.78, 5) is 22.0. The molecule has 0 spiro atoms. The van der Waals surface area contributed by atoms with E-state index in [2.05, 4.69) is 4.74 Å². The van der Waals surface area contributed by atoms with Gasteiger partial charge in [-0.05, 0) is 6.92 Å². The Morgan fingerprint density at radius 1 is 1.69 bits per heavy atom. The van der Waals surface area contributed by atoms with E-state index in [0.717, 1.165) is 4.90 Å². The number of aliphatic hydroxyl groups is 1. The van der Waals surface area contributed by atoms with Crippen molar-refractivity contribution in [3.63, 3.8) is 0 Å². The van der Waals surface area contributed by atoms with Crippen LogP contribution in [0.2, 0.25) is 0 Å². The third-order valence-corrected chi connectivity index (χ3v) is 1.14. The van der Waals surface area contributed by atoms with Gasteiger partial charge in [0.05, 0.1) is 6.61 Å². The monoisotopic (exact) mass is 197 g/mol. The van der Waals surface area contributed by atoms with Crippen LogP contribution in [-0.2, 0) is 14.3 Å². The first kappa shape index (κ1) is 15.0. The van der Waals surface area contributed by atoms with E-state index >= 15 is 0 Å². The summed E-state index contributed by atoms with van der Waals surface area (Å²) < 4.78 is 4.55. The Balaban J connectivity index is -0.000000605. The maximum Gasteiger partial charge on any atom is 1.00 e. The van der Waals surface area contributed by atoms with E-state index in [1.165, 1.54) is 7.05 Å². The molecule has 0 saturated heterocycles. The van der Waals surface area contributed by atoms with Crippen LogP contribution in [0, 0.1) is 0 Å². The quantitative estimate of drug-likeness (QED) is 0.173. The predicted octanol–water partition coefficient (Wildman–Crippen LogP) is -2.85. The Labute approximate surface area is 100 Å². The minimum atomic E-state index is -0.727. The first-order chi connectivity index (χ1) is 5.67. The Kier molecular flexibility index (Phi) is 9.33. The maximum atomic E-state index is 10.9. The average Bonchev–Trinajstić information content (AvgIpc) is 2.06. The third kappa shape index (κ3) is 4.92. The fourth-order valence-electron chi connectivity index (χ4n) is 0.550. The number of nitrogens with zero attached hydrogens (tertiary/aromatic N) is 1. The van der Waals surface area contributed by atoms with E-state index in [4.69, 9.17) is 5.11 Å². The van der Waals surface area contributed by atoms with E-state index in [0.29, 0.717) is 12.7 Å². The molecular weight excluding hydrogens is 185 g/mol. The van der Waals surface area contributed by atoms with Gasteiger partial charge in [0, 0.05) is 7.05 Å². The van der Waals surface area contributed by atoms with Gasteiger partial charge in [0.2, 0.25) is 6.41 Å². The summed E-state index contributed by atoms with van der Waals surface area (Å²) in [6.07, 6.45) is 0.936. The summed E-state index contributed by atoms with van der Waals surface area (Å²) >= 11 is 0. The van der Waals surface area contributed by atoms with Crippen molar-refractivity contribution >= 4 is 12.4 Å². The SMILES string of the molecule is CCOC(=O)C(=CO)N(C)C=O.[H-].[Na+]. The Bertz CT molecular complexity index is 210. The molecule has 0 aliphatic heterocycles. The molecule has 0 aliphatic rings. The number of carbonyl (C=O) groups excluding carboxylic acids is 2. The number of amides is 1. The van der Waals surface area contributed by atoms with Gasteiger partial charge in [-0.15, -0.1) is 0 Å². The number of likely N-dealkylation sites (N-methyl/N-ethyl adjacent to an activating group) is 1. The van der Waals surface area contributed by atoms with Crippen LogP contribution in [0.3, 0.4) is 0 Å². The number of rotatable bonds is 4. The van der Waals surface area contributed by atoms with Crippen molar-refractivity contribution in [3.8, 4) is 0 Å². The van der Waals surface area contributed by atoms with E-state index in [-0.39, 0.29) is 43.3 Å². The summed E-state index contributed by atoms with van der Waals surface area (Å²) in [5, 5.41) is 8.56. The van der Waals surface area contributed by atoms with Crippen molar-refractivity contribution in [3.05, 3.63) is 12.0 Å². The van der Waals surface area contributed by atoms with Crippen LogP contribution in [0.15, 0.2) is 12.0 Å². The van der Waals surface area contributed by atoms with E-state index in [9.17, 15) is 9.59 Å². The smallest absolute Gasteiger partial charge is 1.00 e. The minimum Gasteiger partial charge on any atom is -1.00 e. The summed E-state index contributed by atoms with van der Waals surface area (Å²) in [6, 6.07) is 0. The zero-order valence-electron chi connectivity index (χ0n) is 8.98. The molecule has 0 bridgehead atoms. The van der Waals surface area contributed by atoms with Gasteiger partial charge in [-0.2, -0.15) is 0 Å². The molecular formula is C7H12NNaO4. The Hall–Kier alpha value is -0.520. The number of hydrogen-bond donors (Lipinski definition) is 1. The number of hydrogen-bond acceptors (Lipinski definition) is 4. The molecule has 0 atom stereocenters. The second-order valence-electron chi connectivity index (χ2n) is 1.95. The number of ether oxygens (including phenoxy) is 1. The molecule has 6 heteroatoms. The van der Waals surface area contributed by atoms with Crippen LogP contribution in [-0.4, -0.2) is 36.0 Å². The number of esters is 1. The van der Waals surface area contributed by atoms with Crippen LogP contribution in [0.25, 0.3) is 0 Å². The minimum absolute atomic E-state index is 0. The second-order valence-corrected chi connectivity index (χ2v) is 1.95. The van der Waals surface area contributed by atoms with Gasteiger partial charge < -0.3 is 16.2 Å². The van der Waals surface area contributed by atoms with E-state index in [1.807, 2.05) is 0 Å². The van der Waals surface area contributed by atoms with Crippen LogP contribution >= 0.6 is 0 Å². The molecule has 1 amide bonds. The molecule has 70 valence electrons. The van der Waals surface area contributed by atoms with Crippen molar-refractivity contribution in [1.82, 2.24) is 4.90 Å². The topological polar surface area (TPSA) is 66.8 Å². The summed E-state index contributed by atoms with van der Waals surface area (Å²) in [6.45, 7) is 1.83. The van der Waals surface area contributed by atoms with Crippen LogP contribution < -0.4 is 29.6 Å². The number of aliphatic hydroxyl groups excluding tert-OH is 1. The summed E-state index contributed by atoms with van der Waals surface area (Å²) in [7, 11) is 1.34.